The number of hydrogen-bond donors (Lipinski definition) is 1. The number of halogens is 1. The number of rotatable bonds is 3. The molecule has 0 amide bonds. The summed E-state index contributed by atoms with van der Waals surface area (Å²) >= 11 is 0. The summed E-state index contributed by atoms with van der Waals surface area (Å²) in [6.45, 7) is 2.84. The minimum absolute atomic E-state index is 0.275. The molecular weight excluding hydrogens is 357 g/mol. The summed E-state index contributed by atoms with van der Waals surface area (Å²) in [5.41, 5.74) is 3.46. The van der Waals surface area contributed by atoms with E-state index in [0.717, 1.165) is 40.7 Å². The van der Waals surface area contributed by atoms with Crippen LogP contribution in [0.15, 0.2) is 48.8 Å². The summed E-state index contributed by atoms with van der Waals surface area (Å²) in [4.78, 5) is 11.1. The number of fused-ring (bicyclic) bond motifs is 3. The lowest BCUT2D eigenvalue weighted by Gasteiger charge is -2.29. The summed E-state index contributed by atoms with van der Waals surface area (Å²) < 4.78 is 21.6. The van der Waals surface area contributed by atoms with Gasteiger partial charge in [-0.3, -0.25) is 4.98 Å². The lowest BCUT2D eigenvalue weighted by Crippen LogP contribution is -2.36. The zero-order valence-electron chi connectivity index (χ0n) is 15.5. The van der Waals surface area contributed by atoms with Gasteiger partial charge in [-0.1, -0.05) is 0 Å². The predicted octanol–water partition coefficient (Wildman–Crippen LogP) is 3.84. The van der Waals surface area contributed by atoms with Crippen LogP contribution in [-0.2, 0) is 11.8 Å². The number of morpholine rings is 1. The molecule has 1 aliphatic rings. The third-order valence-electron chi connectivity index (χ3n) is 5.17. The van der Waals surface area contributed by atoms with Crippen LogP contribution < -0.4 is 10.2 Å². The average molecular weight is 377 g/mol. The molecule has 4 aromatic rings. The van der Waals surface area contributed by atoms with Gasteiger partial charge in [0.05, 0.1) is 18.7 Å². The van der Waals surface area contributed by atoms with Crippen molar-refractivity contribution in [3.63, 3.8) is 0 Å². The van der Waals surface area contributed by atoms with Gasteiger partial charge in [0.25, 0.3) is 0 Å². The molecule has 0 aliphatic carbocycles. The first kappa shape index (κ1) is 16.9. The van der Waals surface area contributed by atoms with E-state index in [-0.39, 0.29) is 5.82 Å². The molecule has 142 valence electrons. The first-order chi connectivity index (χ1) is 13.7. The number of ether oxygens (including phenoxy) is 1. The molecule has 1 fully saturated rings. The highest BCUT2D eigenvalue weighted by molar-refractivity contribution is 6.06. The van der Waals surface area contributed by atoms with Gasteiger partial charge in [-0.05, 0) is 36.4 Å². The smallest absolute Gasteiger partial charge is 0.143 e. The molecule has 0 radical (unpaired) electrons. The maximum Gasteiger partial charge on any atom is 0.143 e. The number of aryl methyl sites for hydroxylation is 1. The fraction of sp³-hybridized carbons (Fsp3) is 0.238. The molecule has 7 heteroatoms. The van der Waals surface area contributed by atoms with Gasteiger partial charge in [0.2, 0.25) is 0 Å². The summed E-state index contributed by atoms with van der Waals surface area (Å²) in [5, 5.41) is 5.36. The van der Waals surface area contributed by atoms with Gasteiger partial charge in [0.15, 0.2) is 0 Å². The van der Waals surface area contributed by atoms with Gasteiger partial charge in [-0.15, -0.1) is 0 Å². The van der Waals surface area contributed by atoms with Crippen molar-refractivity contribution in [3.05, 3.63) is 54.6 Å². The Morgan fingerprint density at radius 1 is 1.07 bits per heavy atom. The Balaban J connectivity index is 1.50. The maximum absolute atomic E-state index is 14.2. The Kier molecular flexibility index (Phi) is 4.09. The van der Waals surface area contributed by atoms with Crippen molar-refractivity contribution in [2.24, 2.45) is 7.05 Å². The zero-order valence-corrected chi connectivity index (χ0v) is 15.5. The molecule has 3 aromatic heterocycles. The number of nitrogens with one attached hydrogen (secondary N) is 1. The van der Waals surface area contributed by atoms with Crippen molar-refractivity contribution in [2.75, 3.05) is 36.5 Å². The fourth-order valence-corrected chi connectivity index (χ4v) is 3.78. The molecule has 0 unspecified atom stereocenters. The molecule has 0 atom stereocenters. The van der Waals surface area contributed by atoms with Crippen molar-refractivity contribution in [1.82, 2.24) is 14.5 Å². The second-order valence-electron chi connectivity index (χ2n) is 6.94. The average Bonchev–Trinajstić information content (AvgIpc) is 3.00. The van der Waals surface area contributed by atoms with Crippen LogP contribution in [0.1, 0.15) is 0 Å². The first-order valence-corrected chi connectivity index (χ1v) is 9.28. The number of hydrogen-bond acceptors (Lipinski definition) is 5. The monoisotopic (exact) mass is 377 g/mol. The molecule has 1 saturated heterocycles. The van der Waals surface area contributed by atoms with Crippen molar-refractivity contribution >= 4 is 39.1 Å². The fourth-order valence-electron chi connectivity index (χ4n) is 3.78. The number of aromatic nitrogens is 3. The van der Waals surface area contributed by atoms with Crippen molar-refractivity contribution in [1.29, 1.82) is 0 Å². The van der Waals surface area contributed by atoms with Crippen molar-refractivity contribution < 1.29 is 9.13 Å². The normalized spacial score (nSPS) is 14.7. The van der Waals surface area contributed by atoms with E-state index in [1.54, 1.807) is 12.3 Å². The number of nitrogens with zero attached hydrogens (tertiary/aromatic N) is 4. The highest BCUT2D eigenvalue weighted by Crippen LogP contribution is 2.29. The Hall–Kier alpha value is -3.19. The van der Waals surface area contributed by atoms with E-state index >= 15 is 0 Å². The van der Waals surface area contributed by atoms with Crippen molar-refractivity contribution in [2.45, 2.75) is 0 Å². The van der Waals surface area contributed by atoms with Crippen LogP contribution in [0.25, 0.3) is 21.9 Å². The molecular formula is C21H20FN5O. The predicted molar refractivity (Wildman–Crippen MR) is 109 cm³/mol. The molecule has 5 rings (SSSR count). The molecule has 0 spiro atoms. The van der Waals surface area contributed by atoms with Gasteiger partial charge in [0.1, 0.15) is 17.3 Å². The number of benzene rings is 1. The largest absolute Gasteiger partial charge is 0.378 e. The second kappa shape index (κ2) is 6.76. The third kappa shape index (κ3) is 2.93. The molecule has 1 aromatic carbocycles. The van der Waals surface area contributed by atoms with E-state index in [1.165, 1.54) is 6.07 Å². The quantitative estimate of drug-likeness (QED) is 0.588. The Morgan fingerprint density at radius 3 is 2.79 bits per heavy atom. The van der Waals surface area contributed by atoms with Gasteiger partial charge < -0.3 is 19.5 Å². The highest BCUT2D eigenvalue weighted by Gasteiger charge is 2.14. The van der Waals surface area contributed by atoms with Gasteiger partial charge in [-0.2, -0.15) is 0 Å². The highest BCUT2D eigenvalue weighted by atomic mass is 19.1. The van der Waals surface area contributed by atoms with E-state index in [4.69, 9.17) is 9.72 Å². The summed E-state index contributed by atoms with van der Waals surface area (Å²) in [5.74, 6) is 0.396. The SMILES string of the molecule is Cn1c2ccncc2c2ccc(Nc3cc(F)cc(N4CCOCC4)c3)nc21. The van der Waals surface area contributed by atoms with Crippen LogP contribution in [0, 0.1) is 5.82 Å². The molecule has 0 bridgehead atoms. The minimum atomic E-state index is -0.275. The van der Waals surface area contributed by atoms with E-state index in [9.17, 15) is 4.39 Å². The maximum atomic E-state index is 14.2. The first-order valence-electron chi connectivity index (χ1n) is 9.28. The van der Waals surface area contributed by atoms with E-state index in [0.29, 0.717) is 24.7 Å². The Bertz CT molecular complexity index is 1170. The van der Waals surface area contributed by atoms with Gasteiger partial charge >= 0.3 is 0 Å². The number of pyridine rings is 2. The van der Waals surface area contributed by atoms with Crippen LogP contribution in [0.4, 0.5) is 21.6 Å². The molecule has 6 nitrogen and oxygen atoms in total. The van der Waals surface area contributed by atoms with Crippen LogP contribution in [0.3, 0.4) is 0 Å². The topological polar surface area (TPSA) is 55.2 Å². The standard InChI is InChI=1S/C21H20FN5O/c1-26-19-4-5-23-13-18(19)17-2-3-20(25-21(17)26)24-15-10-14(22)11-16(12-15)27-6-8-28-9-7-27/h2-5,10-13H,6-9H2,1H3,(H,24,25). The van der Waals surface area contributed by atoms with Crippen LogP contribution in [0.2, 0.25) is 0 Å². The Labute approximate surface area is 161 Å². The third-order valence-corrected chi connectivity index (χ3v) is 5.17. The van der Waals surface area contributed by atoms with Crippen LogP contribution in [0.5, 0.6) is 0 Å². The summed E-state index contributed by atoms with van der Waals surface area (Å²) in [6.07, 6.45) is 3.63. The summed E-state index contributed by atoms with van der Waals surface area (Å²) in [6, 6.07) is 10.9. The number of anilines is 3. The molecule has 0 saturated carbocycles. The molecule has 1 aliphatic heterocycles. The van der Waals surface area contributed by atoms with Gasteiger partial charge in [0, 0.05) is 54.7 Å². The summed E-state index contributed by atoms with van der Waals surface area (Å²) in [7, 11) is 1.99. The van der Waals surface area contributed by atoms with Crippen LogP contribution >= 0.6 is 0 Å². The molecule has 4 heterocycles. The lowest BCUT2D eigenvalue weighted by atomic mass is 10.2. The second-order valence-corrected chi connectivity index (χ2v) is 6.94. The minimum Gasteiger partial charge on any atom is -0.378 e. The van der Waals surface area contributed by atoms with Crippen molar-refractivity contribution in [3.8, 4) is 0 Å². The van der Waals surface area contributed by atoms with E-state index < -0.39 is 0 Å². The lowest BCUT2D eigenvalue weighted by molar-refractivity contribution is 0.122. The Morgan fingerprint density at radius 2 is 1.93 bits per heavy atom. The zero-order chi connectivity index (χ0) is 19.1. The van der Waals surface area contributed by atoms with Gasteiger partial charge in [-0.25, -0.2) is 9.37 Å². The van der Waals surface area contributed by atoms with E-state index in [1.807, 2.05) is 42.1 Å². The molecule has 28 heavy (non-hydrogen) atoms. The molecule has 1 N–H and O–H groups in total. The van der Waals surface area contributed by atoms with Crippen LogP contribution in [-0.4, -0.2) is 40.8 Å². The van der Waals surface area contributed by atoms with E-state index in [2.05, 4.69) is 15.2 Å².